The van der Waals surface area contributed by atoms with Gasteiger partial charge in [-0.1, -0.05) is 6.07 Å². The van der Waals surface area contributed by atoms with E-state index in [1.165, 1.54) is 11.3 Å². The van der Waals surface area contributed by atoms with Crippen molar-refractivity contribution in [3.05, 3.63) is 22.4 Å². The first-order valence-corrected chi connectivity index (χ1v) is 8.09. The minimum Gasteiger partial charge on any atom is -0.354 e. The van der Waals surface area contributed by atoms with E-state index in [4.69, 9.17) is 0 Å². The maximum absolute atomic E-state index is 11.9. The molecular formula is C15H22N2O2S. The molecule has 4 nitrogen and oxygen atoms in total. The van der Waals surface area contributed by atoms with E-state index in [0.29, 0.717) is 12.5 Å². The number of carbonyl (C=O) groups excluding carboxylic acids is 2. The predicted octanol–water partition coefficient (Wildman–Crippen LogP) is 2.31. The molecule has 0 spiro atoms. The Balaban J connectivity index is 1.62. The van der Waals surface area contributed by atoms with Crippen LogP contribution < -0.4 is 5.32 Å². The van der Waals surface area contributed by atoms with Crippen molar-refractivity contribution in [3.63, 3.8) is 0 Å². The molecule has 1 saturated heterocycles. The van der Waals surface area contributed by atoms with Crippen molar-refractivity contribution in [2.45, 2.75) is 38.6 Å². The normalized spacial score (nSPS) is 17.1. The van der Waals surface area contributed by atoms with Gasteiger partial charge >= 0.3 is 0 Å². The van der Waals surface area contributed by atoms with Crippen LogP contribution in [0.1, 0.15) is 42.3 Å². The first kappa shape index (κ1) is 15.2. The molecule has 0 radical (unpaired) electrons. The van der Waals surface area contributed by atoms with Gasteiger partial charge in [0.15, 0.2) is 5.78 Å². The second-order valence-corrected chi connectivity index (χ2v) is 6.27. The Morgan fingerprint density at radius 3 is 2.75 bits per heavy atom. The fourth-order valence-electron chi connectivity index (χ4n) is 2.61. The molecule has 0 aromatic carbocycles. The molecule has 1 aliphatic heterocycles. The summed E-state index contributed by atoms with van der Waals surface area (Å²) >= 11 is 1.52. The summed E-state index contributed by atoms with van der Waals surface area (Å²) in [5.41, 5.74) is 0. The lowest BCUT2D eigenvalue weighted by Gasteiger charge is -2.32. The summed E-state index contributed by atoms with van der Waals surface area (Å²) in [4.78, 5) is 26.1. The molecule has 0 unspecified atom stereocenters. The third-order valence-electron chi connectivity index (χ3n) is 3.67. The smallest absolute Gasteiger partial charge is 0.217 e. The van der Waals surface area contributed by atoms with Crippen LogP contribution in [0.3, 0.4) is 0 Å². The van der Waals surface area contributed by atoms with Crippen LogP contribution in [0.15, 0.2) is 17.5 Å². The van der Waals surface area contributed by atoms with Gasteiger partial charge in [0.05, 0.1) is 4.88 Å². The zero-order valence-electron chi connectivity index (χ0n) is 11.9. The van der Waals surface area contributed by atoms with E-state index >= 15 is 0 Å². The average molecular weight is 294 g/mol. The van der Waals surface area contributed by atoms with Crippen molar-refractivity contribution in [2.75, 3.05) is 19.6 Å². The van der Waals surface area contributed by atoms with Crippen LogP contribution in [-0.4, -0.2) is 42.3 Å². The molecule has 0 atom stereocenters. The van der Waals surface area contributed by atoms with Crippen LogP contribution >= 0.6 is 11.3 Å². The minimum atomic E-state index is 0.0602. The Bertz CT molecular complexity index is 437. The van der Waals surface area contributed by atoms with Crippen LogP contribution in [0.25, 0.3) is 0 Å². The second kappa shape index (κ2) is 7.55. The fourth-order valence-corrected chi connectivity index (χ4v) is 3.31. The van der Waals surface area contributed by atoms with Crippen molar-refractivity contribution in [1.29, 1.82) is 0 Å². The van der Waals surface area contributed by atoms with Gasteiger partial charge < -0.3 is 10.2 Å². The Morgan fingerprint density at radius 1 is 1.40 bits per heavy atom. The van der Waals surface area contributed by atoms with Gasteiger partial charge in [-0.3, -0.25) is 9.59 Å². The number of nitrogens with zero attached hydrogens (tertiary/aromatic N) is 1. The summed E-state index contributed by atoms with van der Waals surface area (Å²) in [7, 11) is 0. The largest absolute Gasteiger partial charge is 0.354 e. The van der Waals surface area contributed by atoms with Crippen molar-refractivity contribution < 1.29 is 9.59 Å². The van der Waals surface area contributed by atoms with Crippen molar-refractivity contribution in [2.24, 2.45) is 0 Å². The number of amides is 1. The molecule has 1 aromatic rings. The van der Waals surface area contributed by atoms with Gasteiger partial charge in [-0.2, -0.15) is 0 Å². The highest BCUT2D eigenvalue weighted by Gasteiger charge is 2.19. The summed E-state index contributed by atoms with van der Waals surface area (Å²) in [5.74, 6) is 0.318. The van der Waals surface area contributed by atoms with Crippen LogP contribution in [-0.2, 0) is 4.79 Å². The zero-order chi connectivity index (χ0) is 14.4. The first-order valence-electron chi connectivity index (χ1n) is 7.21. The van der Waals surface area contributed by atoms with E-state index in [0.717, 1.165) is 43.8 Å². The van der Waals surface area contributed by atoms with Crippen molar-refractivity contribution >= 4 is 23.0 Å². The Hall–Kier alpha value is -1.20. The van der Waals surface area contributed by atoms with E-state index in [1.54, 1.807) is 6.92 Å². The summed E-state index contributed by atoms with van der Waals surface area (Å²) in [6, 6.07) is 4.15. The van der Waals surface area contributed by atoms with Crippen LogP contribution in [0.4, 0.5) is 0 Å². The number of hydrogen-bond acceptors (Lipinski definition) is 4. The lowest BCUT2D eigenvalue weighted by atomic mass is 10.0. The minimum absolute atomic E-state index is 0.0602. The number of Topliss-reactive ketones (excluding diaryl/α,β-unsaturated/α-hetero) is 1. The van der Waals surface area contributed by atoms with Crippen molar-refractivity contribution in [3.8, 4) is 0 Å². The molecule has 1 fully saturated rings. The maximum atomic E-state index is 11.9. The monoisotopic (exact) mass is 294 g/mol. The molecule has 1 aromatic heterocycles. The first-order chi connectivity index (χ1) is 9.65. The van der Waals surface area contributed by atoms with Gasteiger partial charge in [-0.05, 0) is 37.3 Å². The molecular weight excluding hydrogens is 272 g/mol. The lowest BCUT2D eigenvalue weighted by Crippen LogP contribution is -2.44. The van der Waals surface area contributed by atoms with Gasteiger partial charge in [0, 0.05) is 32.5 Å². The topological polar surface area (TPSA) is 49.4 Å². The summed E-state index contributed by atoms with van der Waals surface area (Å²) in [6.07, 6.45) is 3.57. The number of rotatable bonds is 6. The van der Waals surface area contributed by atoms with Gasteiger partial charge in [0.2, 0.25) is 5.91 Å². The molecule has 20 heavy (non-hydrogen) atoms. The maximum Gasteiger partial charge on any atom is 0.217 e. The number of nitrogens with one attached hydrogen (secondary N) is 1. The number of ketones is 1. The molecule has 1 amide bonds. The molecule has 5 heteroatoms. The zero-order valence-corrected chi connectivity index (χ0v) is 12.7. The second-order valence-electron chi connectivity index (χ2n) is 5.32. The predicted molar refractivity (Wildman–Crippen MR) is 81.2 cm³/mol. The average Bonchev–Trinajstić information content (AvgIpc) is 2.94. The molecule has 1 aliphatic rings. The Morgan fingerprint density at radius 2 is 2.15 bits per heavy atom. The van der Waals surface area contributed by atoms with E-state index in [2.05, 4.69) is 10.2 Å². The molecule has 1 N–H and O–H groups in total. The molecule has 0 saturated carbocycles. The quantitative estimate of drug-likeness (QED) is 0.819. The molecule has 2 rings (SSSR count). The van der Waals surface area contributed by atoms with E-state index in [-0.39, 0.29) is 11.7 Å². The number of carbonyl (C=O) groups is 2. The molecule has 0 aliphatic carbocycles. The van der Waals surface area contributed by atoms with E-state index in [9.17, 15) is 9.59 Å². The van der Waals surface area contributed by atoms with E-state index < -0.39 is 0 Å². The third-order valence-corrected chi connectivity index (χ3v) is 4.58. The highest BCUT2D eigenvalue weighted by atomic mass is 32.1. The SMILES string of the molecule is CC(=O)NC1CCN(CCCC(=O)c2cccs2)CC1. The van der Waals surface area contributed by atoms with Gasteiger partial charge in [0.1, 0.15) is 0 Å². The summed E-state index contributed by atoms with van der Waals surface area (Å²) in [6.45, 7) is 4.57. The Labute approximate surface area is 124 Å². The fraction of sp³-hybridized carbons (Fsp3) is 0.600. The molecule has 2 heterocycles. The van der Waals surface area contributed by atoms with E-state index in [1.807, 2.05) is 17.5 Å². The highest BCUT2D eigenvalue weighted by molar-refractivity contribution is 7.12. The van der Waals surface area contributed by atoms with Crippen LogP contribution in [0.2, 0.25) is 0 Å². The van der Waals surface area contributed by atoms with Crippen LogP contribution in [0, 0.1) is 0 Å². The molecule has 110 valence electrons. The lowest BCUT2D eigenvalue weighted by molar-refractivity contribution is -0.119. The number of piperidine rings is 1. The van der Waals surface area contributed by atoms with Gasteiger partial charge in [0.25, 0.3) is 0 Å². The third kappa shape index (κ3) is 4.72. The van der Waals surface area contributed by atoms with Gasteiger partial charge in [-0.25, -0.2) is 0 Å². The van der Waals surface area contributed by atoms with Crippen molar-refractivity contribution in [1.82, 2.24) is 10.2 Å². The highest BCUT2D eigenvalue weighted by Crippen LogP contribution is 2.14. The Kier molecular flexibility index (Phi) is 5.73. The summed E-state index contributed by atoms with van der Waals surface area (Å²) in [5, 5.41) is 4.92. The van der Waals surface area contributed by atoms with Gasteiger partial charge in [-0.15, -0.1) is 11.3 Å². The molecule has 0 bridgehead atoms. The number of hydrogen-bond donors (Lipinski definition) is 1. The number of thiophene rings is 1. The summed E-state index contributed by atoms with van der Waals surface area (Å²) < 4.78 is 0. The standard InChI is InChI=1S/C15H22N2O2S/c1-12(18)16-13-6-9-17(10-7-13)8-2-4-14(19)15-5-3-11-20-15/h3,5,11,13H,2,4,6-10H2,1H3,(H,16,18). The van der Waals surface area contributed by atoms with Crippen LogP contribution in [0.5, 0.6) is 0 Å². The number of likely N-dealkylation sites (tertiary alicyclic amines) is 1.